The summed E-state index contributed by atoms with van der Waals surface area (Å²) in [4.78, 5) is 16.9. The number of para-hydroxylation sites is 2. The SMILES string of the molecule is Cc1ccc(NC2=Nc3ccccc3N3C2=Nc2c(c(C)nn2-c2ccccn2)[C@H]3c2ccc(O)c(O)c2)cc1C. The standard InChI is InChI=1S/C32H27N7O2/c1-18-11-13-22(16-19(18)2)34-30-32-36-31-28(20(3)37-39(31)27-10-6-7-15-33-27)29(21-12-14-25(40)26(41)17-21)38(32)24-9-5-4-8-23(24)35-30/h4-17,29,40-41H,1-3H3,(H,34,35)/t29-/m1/s1. The quantitative estimate of drug-likeness (QED) is 0.228. The molecular formula is C32H27N7O2. The van der Waals surface area contributed by atoms with E-state index in [9.17, 15) is 10.2 Å². The minimum absolute atomic E-state index is 0.183. The Morgan fingerprint density at radius 1 is 0.805 bits per heavy atom. The van der Waals surface area contributed by atoms with E-state index in [0.717, 1.165) is 39.4 Å². The van der Waals surface area contributed by atoms with Crippen molar-refractivity contribution in [2.45, 2.75) is 26.8 Å². The third kappa shape index (κ3) is 4.01. The van der Waals surface area contributed by atoms with Crippen LogP contribution in [-0.2, 0) is 0 Å². The zero-order chi connectivity index (χ0) is 28.2. The van der Waals surface area contributed by atoms with Crippen molar-refractivity contribution in [2.24, 2.45) is 9.98 Å². The molecule has 0 aliphatic carbocycles. The molecular weight excluding hydrogens is 514 g/mol. The van der Waals surface area contributed by atoms with Crippen LogP contribution in [-0.4, -0.2) is 36.6 Å². The summed E-state index contributed by atoms with van der Waals surface area (Å²) in [7, 11) is 0. The van der Waals surface area contributed by atoms with E-state index in [0.29, 0.717) is 23.3 Å². The van der Waals surface area contributed by atoms with Gasteiger partial charge in [0.15, 0.2) is 34.8 Å². The lowest BCUT2D eigenvalue weighted by molar-refractivity contribution is 0.403. The molecule has 3 N–H and O–H groups in total. The fourth-order valence-electron chi connectivity index (χ4n) is 5.42. The fourth-order valence-corrected chi connectivity index (χ4v) is 5.42. The smallest absolute Gasteiger partial charge is 0.179 e. The van der Waals surface area contributed by atoms with Crippen molar-refractivity contribution in [3.05, 3.63) is 113 Å². The Labute approximate surface area is 236 Å². The monoisotopic (exact) mass is 541 g/mol. The van der Waals surface area contributed by atoms with Crippen LogP contribution in [0.5, 0.6) is 11.5 Å². The Kier molecular flexibility index (Phi) is 5.60. The molecule has 0 amide bonds. The van der Waals surface area contributed by atoms with Crippen molar-refractivity contribution in [2.75, 3.05) is 10.2 Å². The Morgan fingerprint density at radius 3 is 2.41 bits per heavy atom. The van der Waals surface area contributed by atoms with Gasteiger partial charge in [-0.3, -0.25) is 0 Å². The van der Waals surface area contributed by atoms with Gasteiger partial charge in [0.25, 0.3) is 0 Å². The molecule has 0 fully saturated rings. The van der Waals surface area contributed by atoms with Crippen molar-refractivity contribution < 1.29 is 10.2 Å². The molecule has 2 aromatic heterocycles. The Balaban J connectivity index is 1.50. The molecule has 1 atom stereocenters. The molecule has 0 radical (unpaired) electrons. The van der Waals surface area contributed by atoms with Crippen LogP contribution in [0.15, 0.2) is 95.0 Å². The van der Waals surface area contributed by atoms with Crippen molar-refractivity contribution >= 4 is 34.6 Å². The highest BCUT2D eigenvalue weighted by atomic mass is 16.3. The molecule has 0 bridgehead atoms. The Bertz CT molecular complexity index is 1890. The first-order valence-electron chi connectivity index (χ1n) is 13.3. The zero-order valence-corrected chi connectivity index (χ0v) is 22.7. The van der Waals surface area contributed by atoms with Crippen LogP contribution in [0.1, 0.15) is 34.0 Å². The average Bonchev–Trinajstić information content (AvgIpc) is 3.32. The number of nitrogens with zero attached hydrogens (tertiary/aromatic N) is 6. The number of nitrogens with one attached hydrogen (secondary N) is 1. The van der Waals surface area contributed by atoms with Gasteiger partial charge in [0.1, 0.15) is 0 Å². The highest BCUT2D eigenvalue weighted by molar-refractivity contribution is 6.51. The van der Waals surface area contributed by atoms with Crippen LogP contribution in [0, 0.1) is 20.8 Å². The van der Waals surface area contributed by atoms with E-state index in [2.05, 4.69) is 41.2 Å². The van der Waals surface area contributed by atoms with Gasteiger partial charge >= 0.3 is 0 Å². The molecule has 2 aliphatic rings. The minimum Gasteiger partial charge on any atom is -0.504 e. The van der Waals surface area contributed by atoms with Gasteiger partial charge in [-0.15, -0.1) is 0 Å². The lowest BCUT2D eigenvalue weighted by Crippen LogP contribution is -2.46. The van der Waals surface area contributed by atoms with Gasteiger partial charge in [-0.25, -0.2) is 15.0 Å². The van der Waals surface area contributed by atoms with E-state index < -0.39 is 6.04 Å². The summed E-state index contributed by atoms with van der Waals surface area (Å²) in [6, 6.07) is 24.2. The van der Waals surface area contributed by atoms with Gasteiger partial charge in [-0.2, -0.15) is 9.78 Å². The summed E-state index contributed by atoms with van der Waals surface area (Å²) < 4.78 is 1.75. The van der Waals surface area contributed by atoms with E-state index in [-0.39, 0.29) is 11.5 Å². The summed E-state index contributed by atoms with van der Waals surface area (Å²) in [6.07, 6.45) is 1.72. The first-order chi connectivity index (χ1) is 19.9. The predicted molar refractivity (Wildman–Crippen MR) is 160 cm³/mol. The number of anilines is 2. The largest absolute Gasteiger partial charge is 0.504 e. The molecule has 0 saturated heterocycles. The van der Waals surface area contributed by atoms with Crippen molar-refractivity contribution in [1.29, 1.82) is 0 Å². The molecule has 4 heterocycles. The summed E-state index contributed by atoms with van der Waals surface area (Å²) in [5, 5.41) is 29.1. The molecule has 202 valence electrons. The second kappa shape index (κ2) is 9.34. The van der Waals surface area contributed by atoms with Crippen LogP contribution in [0.4, 0.5) is 22.9 Å². The first-order valence-corrected chi connectivity index (χ1v) is 13.3. The Hall–Kier alpha value is -5.44. The second-order valence-electron chi connectivity index (χ2n) is 10.3. The lowest BCUT2D eigenvalue weighted by Gasteiger charge is -2.40. The molecule has 9 nitrogen and oxygen atoms in total. The summed E-state index contributed by atoms with van der Waals surface area (Å²) in [6.45, 7) is 6.11. The molecule has 41 heavy (non-hydrogen) atoms. The maximum absolute atomic E-state index is 10.6. The van der Waals surface area contributed by atoms with Crippen LogP contribution in [0.25, 0.3) is 5.82 Å². The number of benzene rings is 3. The van der Waals surface area contributed by atoms with Crippen LogP contribution in [0.2, 0.25) is 0 Å². The van der Waals surface area contributed by atoms with Crippen LogP contribution >= 0.6 is 0 Å². The number of aromatic nitrogens is 3. The number of amidine groups is 2. The van der Waals surface area contributed by atoms with Crippen molar-refractivity contribution in [1.82, 2.24) is 14.8 Å². The van der Waals surface area contributed by atoms with Gasteiger partial charge in [-0.05, 0) is 86.0 Å². The van der Waals surface area contributed by atoms with E-state index in [1.54, 1.807) is 16.9 Å². The average molecular weight is 542 g/mol. The number of rotatable bonds is 3. The van der Waals surface area contributed by atoms with Crippen LogP contribution < -0.4 is 10.2 Å². The lowest BCUT2D eigenvalue weighted by atomic mass is 9.93. The van der Waals surface area contributed by atoms with E-state index in [1.165, 1.54) is 11.6 Å². The van der Waals surface area contributed by atoms with Gasteiger partial charge in [0, 0.05) is 17.4 Å². The van der Waals surface area contributed by atoms with Gasteiger partial charge in [-0.1, -0.05) is 30.3 Å². The van der Waals surface area contributed by atoms with Gasteiger partial charge < -0.3 is 20.4 Å². The molecule has 0 unspecified atom stereocenters. The van der Waals surface area contributed by atoms with E-state index >= 15 is 0 Å². The highest BCUT2D eigenvalue weighted by Crippen LogP contribution is 2.49. The summed E-state index contributed by atoms with van der Waals surface area (Å²) in [5.41, 5.74) is 7.32. The maximum atomic E-state index is 10.6. The number of phenols is 2. The third-order valence-corrected chi connectivity index (χ3v) is 7.59. The fraction of sp³-hybridized carbons (Fsp3) is 0.125. The third-order valence-electron chi connectivity index (χ3n) is 7.59. The molecule has 3 aromatic carbocycles. The van der Waals surface area contributed by atoms with Crippen molar-refractivity contribution in [3.8, 4) is 17.3 Å². The highest BCUT2D eigenvalue weighted by Gasteiger charge is 2.41. The number of fused-ring (bicyclic) bond motifs is 4. The van der Waals surface area contributed by atoms with Gasteiger partial charge in [0.2, 0.25) is 0 Å². The summed E-state index contributed by atoms with van der Waals surface area (Å²) >= 11 is 0. The summed E-state index contributed by atoms with van der Waals surface area (Å²) in [5.74, 6) is 2.06. The second-order valence-corrected chi connectivity index (χ2v) is 10.3. The molecule has 2 aliphatic heterocycles. The predicted octanol–water partition coefficient (Wildman–Crippen LogP) is 6.40. The molecule has 7 rings (SSSR count). The van der Waals surface area contributed by atoms with Crippen molar-refractivity contribution in [3.63, 3.8) is 0 Å². The topological polar surface area (TPSA) is 111 Å². The maximum Gasteiger partial charge on any atom is 0.179 e. The number of pyridine rings is 1. The first kappa shape index (κ1) is 24.6. The number of aromatic hydroxyl groups is 2. The number of hydrogen-bond acceptors (Lipinski definition) is 8. The Morgan fingerprint density at radius 2 is 1.63 bits per heavy atom. The van der Waals surface area contributed by atoms with Gasteiger partial charge in [0.05, 0.1) is 23.1 Å². The molecule has 0 spiro atoms. The number of aliphatic imine (C=N–C) groups is 2. The van der Waals surface area contributed by atoms with E-state index in [1.807, 2.05) is 61.5 Å². The molecule has 5 aromatic rings. The normalized spacial score (nSPS) is 15.4. The number of hydrogen-bond donors (Lipinski definition) is 3. The molecule has 0 saturated carbocycles. The van der Waals surface area contributed by atoms with E-state index in [4.69, 9.17) is 15.1 Å². The molecule has 9 heteroatoms. The number of phenolic OH excluding ortho intramolecular Hbond substituents is 2. The van der Waals surface area contributed by atoms with Crippen LogP contribution in [0.3, 0.4) is 0 Å². The number of aryl methyl sites for hydroxylation is 3. The zero-order valence-electron chi connectivity index (χ0n) is 22.7. The minimum atomic E-state index is -0.435.